The van der Waals surface area contributed by atoms with Gasteiger partial charge in [0.05, 0.1) is 0 Å². The predicted molar refractivity (Wildman–Crippen MR) is 427 cm³/mol. The van der Waals surface area contributed by atoms with E-state index < -0.39 is 0 Å². The summed E-state index contributed by atoms with van der Waals surface area (Å²) < 4.78 is 0. The van der Waals surface area contributed by atoms with Crippen molar-refractivity contribution in [3.63, 3.8) is 0 Å². The van der Waals surface area contributed by atoms with Gasteiger partial charge in [-0.05, 0) is 64.8 Å². The van der Waals surface area contributed by atoms with E-state index in [4.69, 9.17) is 0 Å². The monoisotopic (exact) mass is 1300 g/mol. The van der Waals surface area contributed by atoms with Crippen molar-refractivity contribution < 1.29 is 0 Å². The Morgan fingerprint density at radius 1 is 0.120 bits per heavy atom. The van der Waals surface area contributed by atoms with Crippen LogP contribution < -0.4 is 5.32 Å². The van der Waals surface area contributed by atoms with Crippen molar-refractivity contribution >= 4 is 0 Å². The van der Waals surface area contributed by atoms with Crippen LogP contribution in [0.15, 0.2) is 0 Å². The minimum absolute atomic E-state index is 1.25. The molecular formula is C90H186N2. The summed E-state index contributed by atoms with van der Waals surface area (Å²) in [6.07, 6.45) is 117. The van der Waals surface area contributed by atoms with Crippen LogP contribution in [0.3, 0.4) is 0 Å². The molecule has 0 aliphatic carbocycles. The molecule has 0 aliphatic heterocycles. The second-order valence-corrected chi connectivity index (χ2v) is 31.1. The van der Waals surface area contributed by atoms with Crippen molar-refractivity contribution in [1.29, 1.82) is 0 Å². The minimum atomic E-state index is 1.25. The van der Waals surface area contributed by atoms with Gasteiger partial charge in [0.15, 0.2) is 0 Å². The Bertz CT molecular complexity index is 1050. The Kier molecular flexibility index (Phi) is 95.0. The largest absolute Gasteiger partial charge is 0.317 e. The van der Waals surface area contributed by atoms with Crippen molar-refractivity contribution in [2.75, 3.05) is 32.7 Å². The van der Waals surface area contributed by atoms with Gasteiger partial charge >= 0.3 is 0 Å². The van der Waals surface area contributed by atoms with Gasteiger partial charge in [-0.15, -0.1) is 0 Å². The predicted octanol–water partition coefficient (Wildman–Crippen LogP) is 33.2. The number of rotatable bonds is 85. The van der Waals surface area contributed by atoms with Gasteiger partial charge in [-0.25, -0.2) is 0 Å². The van der Waals surface area contributed by atoms with Crippen molar-refractivity contribution in [1.82, 2.24) is 10.2 Å². The zero-order chi connectivity index (χ0) is 66.4. The number of nitrogens with one attached hydrogen (secondary N) is 1. The van der Waals surface area contributed by atoms with E-state index in [1.54, 1.807) is 0 Å². The number of unbranched alkanes of at least 4 members (excludes halogenated alkanes) is 75. The third kappa shape index (κ3) is 92.0. The van der Waals surface area contributed by atoms with Crippen LogP contribution >= 0.6 is 0 Å². The molecule has 0 atom stereocenters. The fraction of sp³-hybridized carbons (Fsp3) is 1.00. The molecule has 0 amide bonds. The van der Waals surface area contributed by atoms with Crippen LogP contribution in [0, 0.1) is 0 Å². The van der Waals surface area contributed by atoms with Crippen LogP contribution in [0.4, 0.5) is 0 Å². The summed E-state index contributed by atoms with van der Waals surface area (Å²) in [5.74, 6) is 0. The SMILES string of the molecule is CCCCCCCCCCCCCCCCCCN(CCCCCCCCCCCCCCCCCC)CCCCCCCCCCCCCCCCCC.CCCCCCCCCCCCCCCCCCNCCCCCCCCCCCCCCCCCC. The average Bonchev–Trinajstić information content (AvgIpc) is 3.70. The van der Waals surface area contributed by atoms with Crippen LogP contribution in [0.1, 0.15) is 548 Å². The van der Waals surface area contributed by atoms with Gasteiger partial charge in [-0.1, -0.05) is 516 Å². The molecule has 0 saturated heterocycles. The smallest absolute Gasteiger partial charge is 0.00187 e. The lowest BCUT2D eigenvalue weighted by Crippen LogP contribution is -2.27. The van der Waals surface area contributed by atoms with Crippen molar-refractivity contribution in [3.8, 4) is 0 Å². The third-order valence-corrected chi connectivity index (χ3v) is 21.4. The van der Waals surface area contributed by atoms with E-state index in [-0.39, 0.29) is 0 Å². The molecule has 0 aromatic carbocycles. The topological polar surface area (TPSA) is 15.3 Å². The summed E-state index contributed by atoms with van der Waals surface area (Å²) in [6, 6.07) is 0. The molecule has 0 fully saturated rings. The van der Waals surface area contributed by atoms with E-state index in [2.05, 4.69) is 44.8 Å². The molecule has 0 radical (unpaired) electrons. The standard InChI is InChI=1S/C54H111N.C36H75N/c1-4-7-10-13-16-19-22-25-28-31-34-37-40-43-46-49-52-55(53-50-47-44-41-38-35-32-29-26-23-20-17-14-11-8-5-2)54-51-48-45-42-39-36-33-30-27-24-21-18-15-12-9-6-3;1-3-5-7-9-11-13-15-17-19-21-23-25-27-29-31-33-35-37-36-34-32-30-28-26-24-22-20-18-16-14-12-10-8-6-4-2/h4-54H2,1-3H3;37H,3-36H2,1-2H3. The van der Waals surface area contributed by atoms with Gasteiger partial charge in [0.25, 0.3) is 0 Å². The molecule has 556 valence electrons. The second kappa shape index (κ2) is 93.0. The van der Waals surface area contributed by atoms with E-state index in [1.807, 2.05) is 0 Å². The molecule has 0 spiro atoms. The molecule has 0 aromatic heterocycles. The van der Waals surface area contributed by atoms with E-state index in [9.17, 15) is 0 Å². The lowest BCUT2D eigenvalue weighted by atomic mass is 10.0. The van der Waals surface area contributed by atoms with Crippen LogP contribution in [-0.4, -0.2) is 37.6 Å². The van der Waals surface area contributed by atoms with Gasteiger partial charge in [0, 0.05) is 0 Å². The Balaban J connectivity index is 0. The lowest BCUT2D eigenvalue weighted by Gasteiger charge is -2.22. The summed E-state index contributed by atoms with van der Waals surface area (Å²) in [5, 5.41) is 3.68. The normalized spacial score (nSPS) is 11.7. The van der Waals surface area contributed by atoms with E-state index in [1.165, 1.54) is 546 Å². The van der Waals surface area contributed by atoms with Crippen LogP contribution in [0.2, 0.25) is 0 Å². The number of hydrogen-bond donors (Lipinski definition) is 1. The molecule has 0 saturated carbocycles. The third-order valence-electron chi connectivity index (χ3n) is 21.4. The molecule has 2 heteroatoms. The molecular weight excluding hydrogens is 1110 g/mol. The molecule has 0 aromatic rings. The zero-order valence-corrected chi connectivity index (χ0v) is 66.1. The summed E-state index contributed by atoms with van der Waals surface area (Å²) in [5.41, 5.74) is 0. The van der Waals surface area contributed by atoms with E-state index in [0.29, 0.717) is 0 Å². The average molecular weight is 1300 g/mol. The summed E-state index contributed by atoms with van der Waals surface area (Å²) in [6.45, 7) is 18.2. The maximum atomic E-state index is 3.68. The fourth-order valence-corrected chi connectivity index (χ4v) is 14.7. The van der Waals surface area contributed by atoms with Crippen molar-refractivity contribution in [2.24, 2.45) is 0 Å². The summed E-state index contributed by atoms with van der Waals surface area (Å²) in [7, 11) is 0. The van der Waals surface area contributed by atoms with E-state index >= 15 is 0 Å². The highest BCUT2D eigenvalue weighted by Gasteiger charge is 2.07. The molecule has 0 heterocycles. The quantitative estimate of drug-likeness (QED) is 0.0611. The second-order valence-electron chi connectivity index (χ2n) is 31.1. The minimum Gasteiger partial charge on any atom is -0.317 e. The molecule has 0 rings (SSSR count). The fourth-order valence-electron chi connectivity index (χ4n) is 14.7. The lowest BCUT2D eigenvalue weighted by molar-refractivity contribution is 0.254. The first kappa shape index (κ1) is 94.0. The van der Waals surface area contributed by atoms with Gasteiger partial charge in [-0.2, -0.15) is 0 Å². The Morgan fingerprint density at radius 2 is 0.217 bits per heavy atom. The Morgan fingerprint density at radius 3 is 0.337 bits per heavy atom. The summed E-state index contributed by atoms with van der Waals surface area (Å²) >= 11 is 0. The first-order chi connectivity index (χ1) is 45.8. The number of hydrogen-bond acceptors (Lipinski definition) is 2. The molecule has 1 N–H and O–H groups in total. The van der Waals surface area contributed by atoms with E-state index in [0.717, 1.165) is 0 Å². The first-order valence-corrected chi connectivity index (χ1v) is 45.2. The Hall–Kier alpha value is -0.0800. The number of nitrogens with zero attached hydrogens (tertiary/aromatic N) is 1. The molecule has 0 bridgehead atoms. The molecule has 2 nitrogen and oxygen atoms in total. The van der Waals surface area contributed by atoms with Crippen molar-refractivity contribution in [2.45, 2.75) is 548 Å². The first-order valence-electron chi connectivity index (χ1n) is 45.2. The van der Waals surface area contributed by atoms with Crippen LogP contribution in [0.25, 0.3) is 0 Å². The molecule has 0 aliphatic rings. The van der Waals surface area contributed by atoms with Crippen molar-refractivity contribution in [3.05, 3.63) is 0 Å². The summed E-state index contributed by atoms with van der Waals surface area (Å²) in [4.78, 5) is 2.89. The van der Waals surface area contributed by atoms with Gasteiger partial charge in [-0.3, -0.25) is 0 Å². The van der Waals surface area contributed by atoms with Crippen LogP contribution in [-0.2, 0) is 0 Å². The molecule has 0 unspecified atom stereocenters. The van der Waals surface area contributed by atoms with Crippen LogP contribution in [0.5, 0.6) is 0 Å². The highest BCUT2D eigenvalue weighted by Crippen LogP contribution is 2.21. The van der Waals surface area contributed by atoms with Gasteiger partial charge in [0.1, 0.15) is 0 Å². The maximum absolute atomic E-state index is 3.68. The van der Waals surface area contributed by atoms with Gasteiger partial charge in [0.2, 0.25) is 0 Å². The Labute approximate surface area is 588 Å². The maximum Gasteiger partial charge on any atom is -0.00187 e. The molecule has 92 heavy (non-hydrogen) atoms. The zero-order valence-electron chi connectivity index (χ0n) is 66.1. The highest BCUT2D eigenvalue weighted by molar-refractivity contribution is 4.63. The van der Waals surface area contributed by atoms with Gasteiger partial charge < -0.3 is 10.2 Å². The highest BCUT2D eigenvalue weighted by atomic mass is 15.1.